The van der Waals surface area contributed by atoms with E-state index in [0.717, 1.165) is 44.6 Å². The second-order valence-corrected chi connectivity index (χ2v) is 16.1. The molecule has 0 atom stereocenters. The summed E-state index contributed by atoms with van der Waals surface area (Å²) in [4.78, 5) is 2.42. The zero-order valence-corrected chi connectivity index (χ0v) is 33.1. The van der Waals surface area contributed by atoms with Crippen LogP contribution in [0.15, 0.2) is 217 Å². The predicted octanol–water partition coefficient (Wildman–Crippen LogP) is 16.0. The molecule has 1 aliphatic rings. The molecule has 1 heterocycles. The van der Waals surface area contributed by atoms with Crippen LogP contribution in [0.4, 0.5) is 17.1 Å². The van der Waals surface area contributed by atoms with Gasteiger partial charge in [-0.3, -0.25) is 0 Å². The molecule has 11 rings (SSSR count). The molecule has 0 N–H and O–H groups in total. The van der Waals surface area contributed by atoms with Crippen LogP contribution in [0.1, 0.15) is 25.0 Å². The third-order valence-electron chi connectivity index (χ3n) is 12.3. The first kappa shape index (κ1) is 34.8. The molecule has 0 aliphatic heterocycles. The lowest BCUT2D eigenvalue weighted by atomic mass is 9.81. The van der Waals surface area contributed by atoms with Gasteiger partial charge >= 0.3 is 0 Å². The molecule has 280 valence electrons. The van der Waals surface area contributed by atoms with Crippen molar-refractivity contribution in [3.05, 3.63) is 223 Å². The second kappa shape index (κ2) is 13.9. The third kappa shape index (κ3) is 5.79. The molecular weight excluding hydrogens is 715 g/mol. The average molecular weight is 756 g/mol. The monoisotopic (exact) mass is 755 g/mol. The van der Waals surface area contributed by atoms with Gasteiger partial charge in [-0.05, 0) is 110 Å². The Bertz CT molecular complexity index is 3170. The highest BCUT2D eigenvalue weighted by atomic mass is 16.3. The fraction of sp³-hybridized carbons (Fsp3) is 0.0526. The van der Waals surface area contributed by atoms with E-state index >= 15 is 0 Å². The summed E-state index contributed by atoms with van der Waals surface area (Å²) in [7, 11) is 0. The molecule has 0 fully saturated rings. The minimum atomic E-state index is -0.109. The Balaban J connectivity index is 1.12. The van der Waals surface area contributed by atoms with Gasteiger partial charge in [0.25, 0.3) is 0 Å². The molecule has 0 bridgehead atoms. The molecule has 0 radical (unpaired) electrons. The quantitative estimate of drug-likeness (QED) is 0.161. The van der Waals surface area contributed by atoms with Crippen molar-refractivity contribution in [2.75, 3.05) is 4.90 Å². The molecule has 1 aliphatic carbocycles. The number of furan rings is 1. The molecule has 59 heavy (non-hydrogen) atoms. The van der Waals surface area contributed by atoms with Crippen LogP contribution in [0.3, 0.4) is 0 Å². The Kier molecular flexibility index (Phi) is 8.20. The van der Waals surface area contributed by atoms with Gasteiger partial charge in [-0.1, -0.05) is 178 Å². The van der Waals surface area contributed by atoms with Gasteiger partial charge in [0, 0.05) is 33.1 Å². The number of hydrogen-bond acceptors (Lipinski definition) is 2. The molecule has 0 saturated heterocycles. The van der Waals surface area contributed by atoms with Crippen molar-refractivity contribution in [2.45, 2.75) is 19.3 Å². The SMILES string of the molecule is CC1(C)c2ccccc2-c2ccc(-c3cccc(N(c4ccc(-c5ccccc5-c5ccccc5)cc4)c4ccc5oc6ccccc6c5c4)c3-c3ccccc3)cc21. The molecule has 0 unspecified atom stereocenters. The summed E-state index contributed by atoms with van der Waals surface area (Å²) in [5.74, 6) is 0. The Morgan fingerprint density at radius 2 is 0.915 bits per heavy atom. The van der Waals surface area contributed by atoms with E-state index in [2.05, 4.69) is 219 Å². The van der Waals surface area contributed by atoms with Gasteiger partial charge in [0.15, 0.2) is 0 Å². The molecule has 1 aromatic heterocycles. The molecule has 0 saturated carbocycles. The number of rotatable bonds is 7. The predicted molar refractivity (Wildman–Crippen MR) is 248 cm³/mol. The van der Waals surface area contributed by atoms with Crippen LogP contribution in [0.2, 0.25) is 0 Å². The van der Waals surface area contributed by atoms with Crippen molar-refractivity contribution in [2.24, 2.45) is 0 Å². The summed E-state index contributed by atoms with van der Waals surface area (Å²) in [6.07, 6.45) is 0. The first-order valence-corrected chi connectivity index (χ1v) is 20.4. The summed E-state index contributed by atoms with van der Waals surface area (Å²) in [5.41, 5.74) is 19.8. The van der Waals surface area contributed by atoms with E-state index in [1.54, 1.807) is 0 Å². The molecule has 0 amide bonds. The van der Waals surface area contributed by atoms with Gasteiger partial charge in [-0.25, -0.2) is 0 Å². The minimum absolute atomic E-state index is 0.109. The largest absolute Gasteiger partial charge is 0.456 e. The fourth-order valence-corrected chi connectivity index (χ4v) is 9.42. The van der Waals surface area contributed by atoms with Gasteiger partial charge in [-0.2, -0.15) is 0 Å². The van der Waals surface area contributed by atoms with E-state index in [-0.39, 0.29) is 5.41 Å². The van der Waals surface area contributed by atoms with Crippen LogP contribution in [0.5, 0.6) is 0 Å². The van der Waals surface area contributed by atoms with E-state index in [9.17, 15) is 0 Å². The number of nitrogens with zero attached hydrogens (tertiary/aromatic N) is 1. The maximum atomic E-state index is 6.34. The Morgan fingerprint density at radius 3 is 1.68 bits per heavy atom. The van der Waals surface area contributed by atoms with Crippen molar-refractivity contribution < 1.29 is 4.42 Å². The minimum Gasteiger partial charge on any atom is -0.456 e. The first-order valence-electron chi connectivity index (χ1n) is 20.4. The fourth-order valence-electron chi connectivity index (χ4n) is 9.42. The van der Waals surface area contributed by atoms with Gasteiger partial charge in [0.2, 0.25) is 0 Å². The van der Waals surface area contributed by atoms with Crippen LogP contribution in [-0.2, 0) is 5.41 Å². The van der Waals surface area contributed by atoms with Crippen LogP contribution < -0.4 is 4.90 Å². The maximum Gasteiger partial charge on any atom is 0.135 e. The van der Waals surface area contributed by atoms with Gasteiger partial charge in [0.05, 0.1) is 5.69 Å². The highest BCUT2D eigenvalue weighted by Gasteiger charge is 2.35. The number of anilines is 3. The van der Waals surface area contributed by atoms with Crippen molar-refractivity contribution in [1.29, 1.82) is 0 Å². The number of fused-ring (bicyclic) bond motifs is 6. The van der Waals surface area contributed by atoms with E-state index in [0.29, 0.717) is 0 Å². The zero-order chi connectivity index (χ0) is 39.5. The van der Waals surface area contributed by atoms with E-state index in [1.165, 1.54) is 61.2 Å². The van der Waals surface area contributed by atoms with E-state index in [4.69, 9.17) is 4.42 Å². The molecule has 0 spiro atoms. The topological polar surface area (TPSA) is 16.4 Å². The maximum absolute atomic E-state index is 6.34. The Labute approximate surface area is 345 Å². The standard InChI is InChI=1S/C57H41NO/c1-57(2)51-25-13-11-22-47(51)48-34-30-41(36-52(48)57)46-24-15-26-53(56(46)40-18-7-4-8-19-40)58(43-33-35-55-50(37-43)49-23-12-14-27-54(49)59-55)42-31-28-39(29-32-42)45-21-10-9-20-44(45)38-16-5-3-6-17-38/h3-37H,1-2H3. The second-order valence-electron chi connectivity index (χ2n) is 16.1. The first-order chi connectivity index (χ1) is 29.0. The average Bonchev–Trinajstić information content (AvgIpc) is 3.78. The van der Waals surface area contributed by atoms with Gasteiger partial charge in [-0.15, -0.1) is 0 Å². The summed E-state index contributed by atoms with van der Waals surface area (Å²) in [5, 5.41) is 2.20. The van der Waals surface area contributed by atoms with E-state index < -0.39 is 0 Å². The summed E-state index contributed by atoms with van der Waals surface area (Å²) < 4.78 is 6.34. The van der Waals surface area contributed by atoms with Crippen LogP contribution in [-0.4, -0.2) is 0 Å². The van der Waals surface area contributed by atoms with Crippen molar-refractivity contribution in [3.8, 4) is 55.6 Å². The molecule has 2 heteroatoms. The highest BCUT2D eigenvalue weighted by Crippen LogP contribution is 2.52. The lowest BCUT2D eigenvalue weighted by Gasteiger charge is -2.30. The van der Waals surface area contributed by atoms with Crippen molar-refractivity contribution in [3.63, 3.8) is 0 Å². The zero-order valence-electron chi connectivity index (χ0n) is 33.1. The normalized spacial score (nSPS) is 12.7. The summed E-state index contributed by atoms with van der Waals surface area (Å²) >= 11 is 0. The number of hydrogen-bond donors (Lipinski definition) is 0. The van der Waals surface area contributed by atoms with Crippen LogP contribution in [0, 0.1) is 0 Å². The summed E-state index contributed by atoms with van der Waals surface area (Å²) in [6.45, 7) is 4.71. The third-order valence-corrected chi connectivity index (χ3v) is 12.3. The van der Waals surface area contributed by atoms with Gasteiger partial charge in [0.1, 0.15) is 11.2 Å². The molecule has 10 aromatic rings. The van der Waals surface area contributed by atoms with E-state index in [1.807, 2.05) is 12.1 Å². The molecule has 2 nitrogen and oxygen atoms in total. The van der Waals surface area contributed by atoms with Crippen molar-refractivity contribution >= 4 is 39.0 Å². The molecule has 9 aromatic carbocycles. The van der Waals surface area contributed by atoms with Crippen LogP contribution in [0.25, 0.3) is 77.6 Å². The Hall–Kier alpha value is -7.42. The number of benzene rings is 9. The van der Waals surface area contributed by atoms with Crippen molar-refractivity contribution in [1.82, 2.24) is 0 Å². The lowest BCUT2D eigenvalue weighted by molar-refractivity contribution is 0.660. The number of para-hydroxylation sites is 1. The van der Waals surface area contributed by atoms with Crippen LogP contribution >= 0.6 is 0 Å². The van der Waals surface area contributed by atoms with Gasteiger partial charge < -0.3 is 9.32 Å². The summed E-state index contributed by atoms with van der Waals surface area (Å²) in [6, 6.07) is 76.9. The highest BCUT2D eigenvalue weighted by molar-refractivity contribution is 6.07. The molecular formula is C57H41NO. The smallest absolute Gasteiger partial charge is 0.135 e. The Morgan fingerprint density at radius 1 is 0.356 bits per heavy atom. The lowest BCUT2D eigenvalue weighted by Crippen LogP contribution is -2.15.